The Morgan fingerprint density at radius 2 is 1.92 bits per heavy atom. The second-order valence-electron chi connectivity index (χ2n) is 5.25. The van der Waals surface area contributed by atoms with Crippen LogP contribution in [-0.2, 0) is 6.42 Å². The van der Waals surface area contributed by atoms with Crippen LogP contribution < -0.4 is 16.0 Å². The Bertz CT molecular complexity index is 686. The number of amides is 1. The van der Waals surface area contributed by atoms with Gasteiger partial charge in [0.15, 0.2) is 5.96 Å². The molecule has 0 radical (unpaired) electrons. The number of nitrogens with zero attached hydrogens (tertiary/aromatic N) is 1. The molecule has 25 heavy (non-hydrogen) atoms. The maximum atomic E-state index is 12.1. The third-order valence-corrected chi connectivity index (χ3v) is 3.70. The molecule has 0 unspecified atom stereocenters. The van der Waals surface area contributed by atoms with Gasteiger partial charge in [-0.25, -0.2) is 0 Å². The fourth-order valence-electron chi connectivity index (χ4n) is 2.17. The van der Waals surface area contributed by atoms with E-state index in [2.05, 4.69) is 20.9 Å². The van der Waals surface area contributed by atoms with Crippen molar-refractivity contribution in [3.8, 4) is 0 Å². The molecule has 1 aromatic carbocycles. The number of carbonyl (C=O) groups excluding carboxylic acids is 1. The molecule has 134 valence electrons. The van der Waals surface area contributed by atoms with Crippen molar-refractivity contribution >= 4 is 23.5 Å². The van der Waals surface area contributed by atoms with Crippen LogP contribution in [0.15, 0.2) is 52.1 Å². The van der Waals surface area contributed by atoms with E-state index in [0.29, 0.717) is 36.2 Å². The molecular formula is C18H23ClN4O2. The Labute approximate surface area is 152 Å². The number of halogens is 1. The monoisotopic (exact) mass is 362 g/mol. The van der Waals surface area contributed by atoms with Crippen molar-refractivity contribution in [2.75, 3.05) is 26.2 Å². The maximum absolute atomic E-state index is 12.1. The molecule has 0 atom stereocenters. The first kappa shape index (κ1) is 18.9. The zero-order chi connectivity index (χ0) is 17.9. The zero-order valence-corrected chi connectivity index (χ0v) is 15.0. The highest BCUT2D eigenvalue weighted by Crippen LogP contribution is 2.14. The Kier molecular flexibility index (Phi) is 7.85. The van der Waals surface area contributed by atoms with Gasteiger partial charge in [-0.2, -0.15) is 0 Å². The first-order valence-corrected chi connectivity index (χ1v) is 8.65. The number of guanidine groups is 1. The lowest BCUT2D eigenvalue weighted by atomic mass is 10.2. The van der Waals surface area contributed by atoms with Gasteiger partial charge in [0.25, 0.3) is 5.91 Å². The van der Waals surface area contributed by atoms with E-state index in [-0.39, 0.29) is 5.91 Å². The lowest BCUT2D eigenvalue weighted by Crippen LogP contribution is -2.41. The van der Waals surface area contributed by atoms with Crippen LogP contribution in [0.25, 0.3) is 0 Å². The average molecular weight is 363 g/mol. The van der Waals surface area contributed by atoms with Crippen LogP contribution in [0.2, 0.25) is 5.02 Å². The SMILES string of the molecule is CCNC(=NCCc1ccco1)NCCNC(=O)c1ccccc1Cl. The Morgan fingerprint density at radius 3 is 2.64 bits per heavy atom. The van der Waals surface area contributed by atoms with Crippen molar-refractivity contribution in [1.29, 1.82) is 0 Å². The smallest absolute Gasteiger partial charge is 0.252 e. The zero-order valence-electron chi connectivity index (χ0n) is 14.2. The molecule has 1 heterocycles. The van der Waals surface area contributed by atoms with E-state index >= 15 is 0 Å². The first-order valence-electron chi connectivity index (χ1n) is 8.28. The van der Waals surface area contributed by atoms with E-state index in [1.165, 1.54) is 0 Å². The quantitative estimate of drug-likeness (QED) is 0.383. The number of rotatable bonds is 8. The van der Waals surface area contributed by atoms with Gasteiger partial charge in [-0.1, -0.05) is 23.7 Å². The molecule has 0 aliphatic rings. The standard InChI is InChI=1S/C18H23ClN4O2/c1-2-20-18(22-10-9-14-6-5-13-25-14)23-12-11-21-17(24)15-7-3-4-8-16(15)19/h3-8,13H,2,9-12H2,1H3,(H,21,24)(H2,20,22,23). The summed E-state index contributed by atoms with van der Waals surface area (Å²) in [6.45, 7) is 4.41. The second-order valence-corrected chi connectivity index (χ2v) is 5.66. The highest BCUT2D eigenvalue weighted by atomic mass is 35.5. The summed E-state index contributed by atoms with van der Waals surface area (Å²) in [6, 6.07) is 10.8. The molecule has 0 fully saturated rings. The van der Waals surface area contributed by atoms with E-state index in [0.717, 1.165) is 18.7 Å². The molecule has 6 nitrogen and oxygen atoms in total. The van der Waals surface area contributed by atoms with Crippen molar-refractivity contribution in [1.82, 2.24) is 16.0 Å². The van der Waals surface area contributed by atoms with Crippen LogP contribution >= 0.6 is 11.6 Å². The molecule has 2 aromatic rings. The van der Waals surface area contributed by atoms with E-state index in [1.54, 1.807) is 30.5 Å². The molecule has 0 saturated carbocycles. The normalized spacial score (nSPS) is 11.2. The second kappa shape index (κ2) is 10.4. The predicted molar refractivity (Wildman–Crippen MR) is 100 cm³/mol. The van der Waals surface area contributed by atoms with Gasteiger partial charge in [0, 0.05) is 32.6 Å². The van der Waals surface area contributed by atoms with Gasteiger partial charge in [-0.05, 0) is 31.2 Å². The van der Waals surface area contributed by atoms with Crippen molar-refractivity contribution in [2.24, 2.45) is 4.99 Å². The van der Waals surface area contributed by atoms with Gasteiger partial charge in [0.2, 0.25) is 0 Å². The number of hydrogen-bond donors (Lipinski definition) is 3. The van der Waals surface area contributed by atoms with Crippen LogP contribution in [0.5, 0.6) is 0 Å². The minimum atomic E-state index is -0.188. The van der Waals surface area contributed by atoms with Gasteiger partial charge in [-0.3, -0.25) is 9.79 Å². The van der Waals surface area contributed by atoms with Crippen molar-refractivity contribution < 1.29 is 9.21 Å². The van der Waals surface area contributed by atoms with Gasteiger partial charge in [0.1, 0.15) is 5.76 Å². The number of benzene rings is 1. The molecule has 1 aromatic heterocycles. The molecule has 0 aliphatic heterocycles. The Morgan fingerprint density at radius 1 is 1.12 bits per heavy atom. The topological polar surface area (TPSA) is 78.7 Å². The molecule has 2 rings (SSSR count). The van der Waals surface area contributed by atoms with E-state index in [4.69, 9.17) is 16.0 Å². The number of furan rings is 1. The van der Waals surface area contributed by atoms with Crippen molar-refractivity contribution in [3.63, 3.8) is 0 Å². The van der Waals surface area contributed by atoms with Gasteiger partial charge < -0.3 is 20.4 Å². The fraction of sp³-hybridized carbons (Fsp3) is 0.333. The van der Waals surface area contributed by atoms with E-state index in [1.807, 2.05) is 19.1 Å². The minimum absolute atomic E-state index is 0.188. The minimum Gasteiger partial charge on any atom is -0.469 e. The molecule has 3 N–H and O–H groups in total. The molecule has 1 amide bonds. The summed E-state index contributed by atoms with van der Waals surface area (Å²) in [5, 5.41) is 9.63. The lowest BCUT2D eigenvalue weighted by Gasteiger charge is -2.12. The average Bonchev–Trinajstić information content (AvgIpc) is 3.12. The highest BCUT2D eigenvalue weighted by molar-refractivity contribution is 6.33. The number of aliphatic imine (C=N–C) groups is 1. The molecule has 0 aliphatic carbocycles. The van der Waals surface area contributed by atoms with Crippen LogP contribution in [0.1, 0.15) is 23.0 Å². The van der Waals surface area contributed by atoms with Crippen molar-refractivity contribution in [2.45, 2.75) is 13.3 Å². The number of carbonyl (C=O) groups is 1. The Balaban J connectivity index is 1.73. The van der Waals surface area contributed by atoms with Gasteiger partial charge >= 0.3 is 0 Å². The molecule has 0 spiro atoms. The Hall–Kier alpha value is -2.47. The lowest BCUT2D eigenvalue weighted by molar-refractivity contribution is 0.0954. The third kappa shape index (κ3) is 6.51. The summed E-state index contributed by atoms with van der Waals surface area (Å²) in [7, 11) is 0. The third-order valence-electron chi connectivity index (χ3n) is 3.37. The van der Waals surface area contributed by atoms with E-state index < -0.39 is 0 Å². The van der Waals surface area contributed by atoms with Crippen LogP contribution in [0.4, 0.5) is 0 Å². The predicted octanol–water partition coefficient (Wildman–Crippen LogP) is 2.46. The van der Waals surface area contributed by atoms with Crippen LogP contribution in [0.3, 0.4) is 0 Å². The van der Waals surface area contributed by atoms with Crippen molar-refractivity contribution in [3.05, 3.63) is 59.0 Å². The first-order chi connectivity index (χ1) is 12.2. The molecule has 0 saturated heterocycles. The summed E-state index contributed by atoms with van der Waals surface area (Å²) in [5.74, 6) is 1.43. The number of nitrogens with one attached hydrogen (secondary N) is 3. The largest absolute Gasteiger partial charge is 0.469 e. The summed E-state index contributed by atoms with van der Waals surface area (Å²) >= 11 is 6.01. The van der Waals surface area contributed by atoms with Gasteiger partial charge in [-0.15, -0.1) is 0 Å². The van der Waals surface area contributed by atoms with Crippen LogP contribution in [-0.4, -0.2) is 38.0 Å². The number of hydrogen-bond acceptors (Lipinski definition) is 3. The molecular weight excluding hydrogens is 340 g/mol. The summed E-state index contributed by atoms with van der Waals surface area (Å²) in [5.41, 5.74) is 0.475. The van der Waals surface area contributed by atoms with Crippen LogP contribution in [0, 0.1) is 0 Å². The maximum Gasteiger partial charge on any atom is 0.252 e. The summed E-state index contributed by atoms with van der Waals surface area (Å²) in [4.78, 5) is 16.5. The van der Waals surface area contributed by atoms with Gasteiger partial charge in [0.05, 0.1) is 16.8 Å². The van der Waals surface area contributed by atoms with E-state index in [9.17, 15) is 4.79 Å². The molecule has 0 bridgehead atoms. The highest BCUT2D eigenvalue weighted by Gasteiger charge is 2.08. The summed E-state index contributed by atoms with van der Waals surface area (Å²) < 4.78 is 5.28. The summed E-state index contributed by atoms with van der Waals surface area (Å²) in [6.07, 6.45) is 2.40. The molecule has 7 heteroatoms. The fourth-order valence-corrected chi connectivity index (χ4v) is 2.39.